The second kappa shape index (κ2) is 7.33. The lowest BCUT2D eigenvalue weighted by Crippen LogP contribution is -2.32. The fourth-order valence-corrected chi connectivity index (χ4v) is 3.45. The lowest BCUT2D eigenvalue weighted by molar-refractivity contribution is 0.413. The minimum Gasteiger partial charge on any atom is -0.309 e. The van der Waals surface area contributed by atoms with E-state index in [1.54, 1.807) is 11.3 Å². The lowest BCUT2D eigenvalue weighted by Gasteiger charge is -2.18. The molecule has 1 aromatic rings. The summed E-state index contributed by atoms with van der Waals surface area (Å²) in [7, 11) is -3.07. The van der Waals surface area contributed by atoms with Crippen LogP contribution in [0.2, 0.25) is 0 Å². The first-order valence-corrected chi connectivity index (χ1v) is 9.18. The van der Waals surface area contributed by atoms with Gasteiger partial charge in [-0.05, 0) is 26.8 Å². The molecule has 0 fully saturated rings. The zero-order valence-electron chi connectivity index (χ0n) is 12.0. The zero-order valence-corrected chi connectivity index (χ0v) is 13.6. The summed E-state index contributed by atoms with van der Waals surface area (Å²) in [5.74, 6) is 0. The second-order valence-electron chi connectivity index (χ2n) is 4.58. The van der Waals surface area contributed by atoms with Crippen LogP contribution >= 0.6 is 11.3 Å². The molecule has 1 rings (SSSR count). The Morgan fingerprint density at radius 1 is 1.53 bits per heavy atom. The van der Waals surface area contributed by atoms with Gasteiger partial charge in [0.15, 0.2) is 0 Å². The fraction of sp³-hybridized carbons (Fsp3) is 0.750. The van der Waals surface area contributed by atoms with Gasteiger partial charge < -0.3 is 5.32 Å². The second-order valence-corrected chi connectivity index (χ2v) is 7.62. The molecule has 5 nitrogen and oxygen atoms in total. The summed E-state index contributed by atoms with van der Waals surface area (Å²) < 4.78 is 24.3. The summed E-state index contributed by atoms with van der Waals surface area (Å²) in [4.78, 5) is 4.43. The Balaban J connectivity index is 2.31. The van der Waals surface area contributed by atoms with Crippen LogP contribution in [0.3, 0.4) is 0 Å². The van der Waals surface area contributed by atoms with Gasteiger partial charge in [-0.1, -0.05) is 6.92 Å². The third-order valence-corrected chi connectivity index (χ3v) is 5.11. The molecular formula is C12H23N3O2S2. The summed E-state index contributed by atoms with van der Waals surface area (Å²) >= 11 is 1.65. The predicted molar refractivity (Wildman–Crippen MR) is 80.0 cm³/mol. The van der Waals surface area contributed by atoms with Crippen molar-refractivity contribution in [3.05, 3.63) is 16.1 Å². The summed E-state index contributed by atoms with van der Waals surface area (Å²) in [5.41, 5.74) is 1.05. The third kappa shape index (κ3) is 5.56. The van der Waals surface area contributed by atoms with E-state index >= 15 is 0 Å². The van der Waals surface area contributed by atoms with Gasteiger partial charge in [0.05, 0.1) is 17.0 Å². The van der Waals surface area contributed by atoms with Gasteiger partial charge in [-0.2, -0.15) is 0 Å². The van der Waals surface area contributed by atoms with Gasteiger partial charge in [0.2, 0.25) is 10.0 Å². The van der Waals surface area contributed by atoms with E-state index in [1.807, 2.05) is 13.8 Å². The van der Waals surface area contributed by atoms with E-state index in [0.717, 1.165) is 23.7 Å². The van der Waals surface area contributed by atoms with Crippen LogP contribution in [0.1, 0.15) is 37.0 Å². The van der Waals surface area contributed by atoms with Gasteiger partial charge in [-0.3, -0.25) is 0 Å². The molecule has 0 saturated heterocycles. The average molecular weight is 305 g/mol. The van der Waals surface area contributed by atoms with Gasteiger partial charge in [0, 0.05) is 24.5 Å². The van der Waals surface area contributed by atoms with Crippen molar-refractivity contribution in [1.29, 1.82) is 0 Å². The van der Waals surface area contributed by atoms with Crippen molar-refractivity contribution in [2.75, 3.05) is 25.9 Å². The topological polar surface area (TPSA) is 62.3 Å². The molecule has 0 amide bonds. The van der Waals surface area contributed by atoms with Crippen molar-refractivity contribution in [3.63, 3.8) is 0 Å². The first kappa shape index (κ1) is 16.6. The van der Waals surface area contributed by atoms with Crippen LogP contribution in [0.25, 0.3) is 0 Å². The molecule has 1 atom stereocenters. The summed E-state index contributed by atoms with van der Waals surface area (Å²) in [6.07, 6.45) is 2.05. The molecule has 0 aromatic carbocycles. The average Bonchev–Trinajstić information content (AvgIpc) is 2.74. The van der Waals surface area contributed by atoms with E-state index in [0.29, 0.717) is 13.1 Å². The number of sulfonamides is 1. The molecular weight excluding hydrogens is 282 g/mol. The van der Waals surface area contributed by atoms with E-state index in [9.17, 15) is 8.42 Å². The first-order chi connectivity index (χ1) is 8.84. The van der Waals surface area contributed by atoms with Crippen LogP contribution in [0.15, 0.2) is 5.38 Å². The van der Waals surface area contributed by atoms with E-state index in [-0.39, 0.29) is 6.04 Å². The molecule has 1 unspecified atom stereocenters. The molecule has 0 bridgehead atoms. The first-order valence-electron chi connectivity index (χ1n) is 6.45. The number of thiazole rings is 1. The standard InChI is InChI=1S/C12H23N3O2S2/c1-5-15(19(4,16)17)8-6-7-13-10(2)12-9-18-11(3)14-12/h9-10,13H,5-8H2,1-4H3. The Labute approximate surface area is 120 Å². The smallest absolute Gasteiger partial charge is 0.211 e. The van der Waals surface area contributed by atoms with Crippen molar-refractivity contribution in [3.8, 4) is 0 Å². The Kier molecular flexibility index (Phi) is 6.38. The van der Waals surface area contributed by atoms with Crippen LogP contribution in [0.5, 0.6) is 0 Å². The Hall–Kier alpha value is -0.500. The van der Waals surface area contributed by atoms with Gasteiger partial charge in [0.1, 0.15) is 0 Å². The highest BCUT2D eigenvalue weighted by Gasteiger charge is 2.13. The molecule has 1 heterocycles. The van der Waals surface area contributed by atoms with Crippen molar-refractivity contribution < 1.29 is 8.42 Å². The van der Waals surface area contributed by atoms with E-state index < -0.39 is 10.0 Å². The number of aromatic nitrogens is 1. The number of rotatable bonds is 8. The molecule has 0 aliphatic heterocycles. The van der Waals surface area contributed by atoms with Gasteiger partial charge in [0.25, 0.3) is 0 Å². The monoisotopic (exact) mass is 305 g/mol. The van der Waals surface area contributed by atoms with Gasteiger partial charge in [-0.15, -0.1) is 11.3 Å². The third-order valence-electron chi connectivity index (χ3n) is 2.94. The van der Waals surface area contributed by atoms with Crippen LogP contribution < -0.4 is 5.32 Å². The van der Waals surface area contributed by atoms with Crippen molar-refractivity contribution in [2.45, 2.75) is 33.2 Å². The number of nitrogens with zero attached hydrogens (tertiary/aromatic N) is 2. The summed E-state index contributed by atoms with van der Waals surface area (Å²) in [6, 6.07) is 0.207. The van der Waals surface area contributed by atoms with Crippen molar-refractivity contribution in [2.24, 2.45) is 0 Å². The summed E-state index contributed by atoms with van der Waals surface area (Å²) in [5, 5.41) is 6.49. The number of nitrogens with one attached hydrogen (secondary N) is 1. The molecule has 0 radical (unpaired) electrons. The quantitative estimate of drug-likeness (QED) is 0.744. The zero-order chi connectivity index (χ0) is 14.5. The highest BCUT2D eigenvalue weighted by Crippen LogP contribution is 2.15. The molecule has 19 heavy (non-hydrogen) atoms. The maximum absolute atomic E-state index is 11.4. The van der Waals surface area contributed by atoms with E-state index in [1.165, 1.54) is 10.6 Å². The minimum absolute atomic E-state index is 0.207. The number of aryl methyl sites for hydroxylation is 1. The summed E-state index contributed by atoms with van der Waals surface area (Å²) in [6.45, 7) is 7.79. The minimum atomic E-state index is -3.07. The SMILES string of the molecule is CCN(CCCNC(C)c1csc(C)n1)S(C)(=O)=O. The number of hydrogen-bond donors (Lipinski definition) is 1. The predicted octanol–water partition coefficient (Wildman–Crippen LogP) is 1.77. The molecule has 0 saturated carbocycles. The van der Waals surface area contributed by atoms with Crippen molar-refractivity contribution >= 4 is 21.4 Å². The van der Waals surface area contributed by atoms with E-state index in [4.69, 9.17) is 0 Å². The van der Waals surface area contributed by atoms with Gasteiger partial charge in [-0.25, -0.2) is 17.7 Å². The molecule has 7 heteroatoms. The molecule has 0 aliphatic carbocycles. The normalized spacial score (nSPS) is 13.9. The largest absolute Gasteiger partial charge is 0.309 e. The molecule has 110 valence electrons. The van der Waals surface area contributed by atoms with Crippen LogP contribution in [0.4, 0.5) is 0 Å². The Morgan fingerprint density at radius 2 is 2.21 bits per heavy atom. The highest BCUT2D eigenvalue weighted by molar-refractivity contribution is 7.88. The lowest BCUT2D eigenvalue weighted by atomic mass is 10.2. The van der Waals surface area contributed by atoms with Crippen molar-refractivity contribution in [1.82, 2.24) is 14.6 Å². The Morgan fingerprint density at radius 3 is 2.68 bits per heavy atom. The maximum atomic E-state index is 11.4. The van der Waals surface area contributed by atoms with Crippen LogP contribution in [-0.2, 0) is 10.0 Å². The van der Waals surface area contributed by atoms with Gasteiger partial charge >= 0.3 is 0 Å². The molecule has 1 N–H and O–H groups in total. The molecule has 0 spiro atoms. The number of hydrogen-bond acceptors (Lipinski definition) is 5. The molecule has 1 aromatic heterocycles. The Bertz CT molecular complexity index is 485. The highest BCUT2D eigenvalue weighted by atomic mass is 32.2. The maximum Gasteiger partial charge on any atom is 0.211 e. The molecule has 0 aliphatic rings. The fourth-order valence-electron chi connectivity index (χ4n) is 1.82. The van der Waals surface area contributed by atoms with Crippen LogP contribution in [-0.4, -0.2) is 43.6 Å². The van der Waals surface area contributed by atoms with E-state index in [2.05, 4.69) is 22.6 Å². The van der Waals surface area contributed by atoms with Crippen LogP contribution in [0, 0.1) is 6.92 Å².